The summed E-state index contributed by atoms with van der Waals surface area (Å²) in [6.45, 7) is 7.09. The summed E-state index contributed by atoms with van der Waals surface area (Å²) in [5, 5.41) is 0. The second kappa shape index (κ2) is 6.08. The molecule has 0 aliphatic carbocycles. The van der Waals surface area contributed by atoms with E-state index < -0.39 is 0 Å². The predicted octanol–water partition coefficient (Wildman–Crippen LogP) is 1.97. The fraction of sp³-hybridized carbons (Fsp3) is 0.100. The predicted molar refractivity (Wildman–Crippen MR) is 55.9 cm³/mol. The fourth-order valence-corrected chi connectivity index (χ4v) is 0.772. The van der Waals surface area contributed by atoms with Gasteiger partial charge in [-0.05, 0) is 0 Å². The molecule has 1 aromatic carbocycles. The Hall–Kier alpha value is -1.48. The molecule has 0 radical (unpaired) electrons. The van der Waals surface area contributed by atoms with Crippen molar-refractivity contribution in [3.05, 3.63) is 41.2 Å². The molecule has 1 aromatic rings. The molecule has 0 spiro atoms. The maximum Gasteiger partial charge on any atom is 0.187 e. The second-order valence-electron chi connectivity index (χ2n) is 2.16. The Labute approximate surface area is 84.0 Å². The van der Waals surface area contributed by atoms with E-state index in [4.69, 9.17) is 12.3 Å². The highest BCUT2D eigenvalue weighted by Crippen LogP contribution is 2.11. The molecule has 0 atom stereocenters. The third-order valence-electron chi connectivity index (χ3n) is 1.33. The van der Waals surface area contributed by atoms with Gasteiger partial charge in [-0.15, -0.1) is 12.4 Å². The van der Waals surface area contributed by atoms with E-state index in [1.165, 1.54) is 0 Å². The summed E-state index contributed by atoms with van der Waals surface area (Å²) in [5.41, 5.74) is 6.74. The van der Waals surface area contributed by atoms with Crippen molar-refractivity contribution >= 4 is 18.1 Å². The Bertz CT molecular complexity index is 351. The van der Waals surface area contributed by atoms with Gasteiger partial charge in [0.1, 0.15) is 0 Å². The van der Waals surface area contributed by atoms with E-state index in [0.717, 1.165) is 5.56 Å². The molecule has 0 fully saturated rings. The van der Waals surface area contributed by atoms with Gasteiger partial charge in [-0.3, -0.25) is 0 Å². The molecule has 0 heterocycles. The Morgan fingerprint density at radius 2 is 1.92 bits per heavy atom. The molecule has 13 heavy (non-hydrogen) atoms. The van der Waals surface area contributed by atoms with Gasteiger partial charge in [0, 0.05) is 5.56 Å². The number of hydrogen-bond acceptors (Lipinski definition) is 1. The molecule has 0 amide bonds. The lowest BCUT2D eigenvalue weighted by molar-refractivity contribution is 1.30. The standard InChI is InChI=1S/C10H8N2.ClH/c1-12-10-6-4-9(5-7-10)3-2-8-11;/h4-7H,8,11H2;1H. The van der Waals surface area contributed by atoms with Gasteiger partial charge in [0.2, 0.25) is 0 Å². The SMILES string of the molecule is Cl.[C-]#[N+]c1ccc(C#CCN)cc1. The molecular formula is C10H9ClN2. The molecule has 66 valence electrons. The largest absolute Gasteiger partial charge is 0.320 e. The molecule has 2 N–H and O–H groups in total. The van der Waals surface area contributed by atoms with Gasteiger partial charge < -0.3 is 5.73 Å². The topological polar surface area (TPSA) is 30.4 Å². The van der Waals surface area contributed by atoms with Crippen molar-refractivity contribution in [2.24, 2.45) is 5.73 Å². The quantitative estimate of drug-likeness (QED) is 0.495. The molecule has 1 rings (SSSR count). The Kier molecular flexibility index (Phi) is 5.39. The highest BCUT2D eigenvalue weighted by atomic mass is 35.5. The number of benzene rings is 1. The summed E-state index contributed by atoms with van der Waals surface area (Å²) < 4.78 is 0. The molecule has 0 saturated heterocycles. The van der Waals surface area contributed by atoms with Crippen molar-refractivity contribution in [2.75, 3.05) is 6.54 Å². The van der Waals surface area contributed by atoms with Crippen LogP contribution in [0.4, 0.5) is 5.69 Å². The minimum atomic E-state index is 0. The van der Waals surface area contributed by atoms with E-state index in [0.29, 0.717) is 12.2 Å². The van der Waals surface area contributed by atoms with Gasteiger partial charge in [0.25, 0.3) is 0 Å². The zero-order valence-electron chi connectivity index (χ0n) is 6.95. The molecule has 0 saturated carbocycles. The molecule has 0 aliphatic heterocycles. The van der Waals surface area contributed by atoms with Crippen molar-refractivity contribution in [1.29, 1.82) is 0 Å². The van der Waals surface area contributed by atoms with Crippen molar-refractivity contribution in [2.45, 2.75) is 0 Å². The highest BCUT2D eigenvalue weighted by molar-refractivity contribution is 5.85. The smallest absolute Gasteiger partial charge is 0.187 e. The van der Waals surface area contributed by atoms with Crippen LogP contribution in [0.5, 0.6) is 0 Å². The minimum Gasteiger partial charge on any atom is -0.320 e. The van der Waals surface area contributed by atoms with E-state index in [1.807, 2.05) is 12.1 Å². The molecule has 0 unspecified atom stereocenters. The van der Waals surface area contributed by atoms with Gasteiger partial charge in [-0.1, -0.05) is 36.1 Å². The van der Waals surface area contributed by atoms with Crippen LogP contribution in [-0.4, -0.2) is 6.54 Å². The average molecular weight is 193 g/mol. The van der Waals surface area contributed by atoms with Crippen molar-refractivity contribution in [3.63, 3.8) is 0 Å². The van der Waals surface area contributed by atoms with E-state index in [-0.39, 0.29) is 12.4 Å². The second-order valence-corrected chi connectivity index (χ2v) is 2.16. The summed E-state index contributed by atoms with van der Waals surface area (Å²) in [4.78, 5) is 3.27. The summed E-state index contributed by atoms with van der Waals surface area (Å²) in [6.07, 6.45) is 0. The number of hydrogen-bond donors (Lipinski definition) is 1. The van der Waals surface area contributed by atoms with Crippen LogP contribution in [0.15, 0.2) is 24.3 Å². The van der Waals surface area contributed by atoms with Crippen molar-refractivity contribution in [1.82, 2.24) is 0 Å². The van der Waals surface area contributed by atoms with Crippen LogP contribution in [0.25, 0.3) is 4.85 Å². The average Bonchev–Trinajstić information content (AvgIpc) is 2.15. The molecule has 3 heteroatoms. The molecule has 2 nitrogen and oxygen atoms in total. The van der Waals surface area contributed by atoms with Crippen LogP contribution >= 0.6 is 12.4 Å². The van der Waals surface area contributed by atoms with Crippen LogP contribution in [0, 0.1) is 18.4 Å². The maximum atomic E-state index is 6.72. The highest BCUT2D eigenvalue weighted by Gasteiger charge is 1.88. The first-order valence-corrected chi connectivity index (χ1v) is 3.53. The minimum absolute atomic E-state index is 0. The molecule has 0 aliphatic rings. The monoisotopic (exact) mass is 192 g/mol. The lowest BCUT2D eigenvalue weighted by Crippen LogP contribution is -1.92. The Morgan fingerprint density at radius 3 is 2.38 bits per heavy atom. The Balaban J connectivity index is 0.00000144. The number of nitrogens with zero attached hydrogens (tertiary/aromatic N) is 1. The van der Waals surface area contributed by atoms with Crippen molar-refractivity contribution < 1.29 is 0 Å². The zero-order chi connectivity index (χ0) is 8.81. The maximum absolute atomic E-state index is 6.72. The van der Waals surface area contributed by atoms with Crippen LogP contribution in [0.2, 0.25) is 0 Å². The Morgan fingerprint density at radius 1 is 1.31 bits per heavy atom. The van der Waals surface area contributed by atoms with Gasteiger partial charge >= 0.3 is 0 Å². The fourth-order valence-electron chi connectivity index (χ4n) is 0.772. The lowest BCUT2D eigenvalue weighted by atomic mass is 10.2. The van der Waals surface area contributed by atoms with E-state index in [9.17, 15) is 0 Å². The van der Waals surface area contributed by atoms with Gasteiger partial charge in [-0.2, -0.15) is 0 Å². The van der Waals surface area contributed by atoms with Gasteiger partial charge in [0.15, 0.2) is 5.69 Å². The third kappa shape index (κ3) is 3.62. The van der Waals surface area contributed by atoms with Crippen molar-refractivity contribution in [3.8, 4) is 11.8 Å². The normalized spacial score (nSPS) is 7.38. The molecular weight excluding hydrogens is 184 g/mol. The first-order chi connectivity index (χ1) is 5.86. The zero-order valence-corrected chi connectivity index (χ0v) is 7.77. The summed E-state index contributed by atoms with van der Waals surface area (Å²) >= 11 is 0. The first kappa shape index (κ1) is 11.5. The van der Waals surface area contributed by atoms with E-state index >= 15 is 0 Å². The van der Waals surface area contributed by atoms with Crippen LogP contribution < -0.4 is 5.73 Å². The molecule has 0 bridgehead atoms. The van der Waals surface area contributed by atoms with Crippen LogP contribution in [0.1, 0.15) is 5.56 Å². The number of halogens is 1. The third-order valence-corrected chi connectivity index (χ3v) is 1.33. The number of rotatable bonds is 0. The van der Waals surface area contributed by atoms with E-state index in [1.54, 1.807) is 12.1 Å². The summed E-state index contributed by atoms with van der Waals surface area (Å²) in [6, 6.07) is 7.12. The summed E-state index contributed by atoms with van der Waals surface area (Å²) in [7, 11) is 0. The lowest BCUT2D eigenvalue weighted by Gasteiger charge is -1.89. The van der Waals surface area contributed by atoms with E-state index in [2.05, 4.69) is 16.7 Å². The van der Waals surface area contributed by atoms with Crippen LogP contribution in [0.3, 0.4) is 0 Å². The summed E-state index contributed by atoms with van der Waals surface area (Å²) in [5.74, 6) is 5.62. The first-order valence-electron chi connectivity index (χ1n) is 3.53. The van der Waals surface area contributed by atoms with Crippen LogP contribution in [-0.2, 0) is 0 Å². The molecule has 0 aromatic heterocycles. The van der Waals surface area contributed by atoms with Gasteiger partial charge in [0.05, 0.1) is 13.1 Å². The van der Waals surface area contributed by atoms with Gasteiger partial charge in [-0.25, -0.2) is 4.85 Å². The number of nitrogens with two attached hydrogens (primary N) is 1.